The number of benzene rings is 1. The number of amides is 1. The van der Waals surface area contributed by atoms with E-state index in [1.54, 1.807) is 6.92 Å². The summed E-state index contributed by atoms with van der Waals surface area (Å²) in [5.41, 5.74) is -0.108. The van der Waals surface area contributed by atoms with Crippen molar-refractivity contribution in [3.05, 3.63) is 24.0 Å². The lowest BCUT2D eigenvalue weighted by molar-refractivity contribution is -0.119. The van der Waals surface area contributed by atoms with Crippen LogP contribution >= 0.6 is 0 Å². The van der Waals surface area contributed by atoms with Gasteiger partial charge in [0.15, 0.2) is 9.84 Å². The van der Waals surface area contributed by atoms with E-state index in [0.29, 0.717) is 6.42 Å². The molecule has 0 aliphatic carbocycles. The van der Waals surface area contributed by atoms with E-state index in [-0.39, 0.29) is 22.4 Å². The maximum atomic E-state index is 13.5. The third-order valence-corrected chi connectivity index (χ3v) is 3.79. The van der Waals surface area contributed by atoms with Crippen LogP contribution in [0.3, 0.4) is 0 Å². The van der Waals surface area contributed by atoms with Crippen LogP contribution in [0.5, 0.6) is 0 Å². The Morgan fingerprint density at radius 2 is 2.06 bits per heavy atom. The molecule has 4 nitrogen and oxygen atoms in total. The predicted molar refractivity (Wildman–Crippen MR) is 67.6 cm³/mol. The van der Waals surface area contributed by atoms with Crippen LogP contribution < -0.4 is 5.32 Å². The van der Waals surface area contributed by atoms with Crippen LogP contribution in [0.15, 0.2) is 23.1 Å². The van der Waals surface area contributed by atoms with Gasteiger partial charge < -0.3 is 5.32 Å². The number of carbonyl (C=O) groups excluding carboxylic acids is 1. The first-order chi connectivity index (χ1) is 8.25. The number of halogens is 1. The van der Waals surface area contributed by atoms with E-state index in [4.69, 9.17) is 0 Å². The summed E-state index contributed by atoms with van der Waals surface area (Å²) in [5, 5.41) is 2.40. The molecule has 1 aromatic rings. The number of hydrogen-bond donors (Lipinski definition) is 1. The number of sulfone groups is 1. The molecule has 18 heavy (non-hydrogen) atoms. The molecule has 0 saturated carbocycles. The van der Waals surface area contributed by atoms with E-state index in [2.05, 4.69) is 5.32 Å². The Morgan fingerprint density at radius 1 is 1.44 bits per heavy atom. The van der Waals surface area contributed by atoms with E-state index in [9.17, 15) is 17.6 Å². The van der Waals surface area contributed by atoms with Gasteiger partial charge in [-0.2, -0.15) is 0 Å². The molecule has 0 aromatic heterocycles. The Bertz CT molecular complexity index is 554. The average Bonchev–Trinajstić information content (AvgIpc) is 2.29. The Kier molecular flexibility index (Phi) is 4.45. The second kappa shape index (κ2) is 5.48. The van der Waals surface area contributed by atoms with Gasteiger partial charge in [0.2, 0.25) is 5.91 Å². The van der Waals surface area contributed by atoms with Gasteiger partial charge in [0.1, 0.15) is 5.82 Å². The molecule has 6 heteroatoms. The van der Waals surface area contributed by atoms with Crippen molar-refractivity contribution < 1.29 is 17.6 Å². The third kappa shape index (κ3) is 3.53. The number of carbonyl (C=O) groups is 1. The number of anilines is 1. The molecule has 0 saturated heterocycles. The fourth-order valence-corrected chi connectivity index (χ4v) is 1.92. The first-order valence-corrected chi connectivity index (χ1v) is 7.45. The van der Waals surface area contributed by atoms with Crippen molar-refractivity contribution in [1.82, 2.24) is 0 Å². The van der Waals surface area contributed by atoms with Gasteiger partial charge >= 0.3 is 0 Å². The van der Waals surface area contributed by atoms with Crippen molar-refractivity contribution in [3.63, 3.8) is 0 Å². The molecule has 1 N–H and O–H groups in total. The molecular formula is C12H16FNO3S. The summed E-state index contributed by atoms with van der Waals surface area (Å²) in [5.74, 6) is -1.24. The van der Waals surface area contributed by atoms with Gasteiger partial charge in [-0.25, -0.2) is 12.8 Å². The minimum atomic E-state index is -3.42. The van der Waals surface area contributed by atoms with Crippen molar-refractivity contribution in [2.45, 2.75) is 25.2 Å². The molecule has 1 atom stereocenters. The summed E-state index contributed by atoms with van der Waals surface area (Å²) in [6, 6.07) is 3.33. The van der Waals surface area contributed by atoms with Crippen LogP contribution in [0.2, 0.25) is 0 Å². The van der Waals surface area contributed by atoms with Crippen molar-refractivity contribution >= 4 is 21.4 Å². The maximum absolute atomic E-state index is 13.5. The Balaban J connectivity index is 3.06. The Morgan fingerprint density at radius 3 is 2.56 bits per heavy atom. The third-order valence-electron chi connectivity index (χ3n) is 2.68. The Labute approximate surface area is 106 Å². The molecule has 1 amide bonds. The molecule has 0 aliphatic heterocycles. The fraction of sp³-hybridized carbons (Fsp3) is 0.417. The fourth-order valence-electron chi connectivity index (χ4n) is 1.27. The molecule has 0 heterocycles. The van der Waals surface area contributed by atoms with Crippen LogP contribution in [0.25, 0.3) is 0 Å². The quantitative estimate of drug-likeness (QED) is 0.855. The number of hydrogen-bond acceptors (Lipinski definition) is 3. The van der Waals surface area contributed by atoms with Crippen LogP contribution in [-0.2, 0) is 14.6 Å². The molecular weight excluding hydrogens is 257 g/mol. The topological polar surface area (TPSA) is 63.2 Å². The lowest BCUT2D eigenvalue weighted by atomic mass is 10.1. The molecule has 1 unspecified atom stereocenters. The summed E-state index contributed by atoms with van der Waals surface area (Å²) in [6.07, 6.45) is 1.65. The van der Waals surface area contributed by atoms with Gasteiger partial charge in [-0.05, 0) is 24.6 Å². The molecule has 1 aromatic carbocycles. The van der Waals surface area contributed by atoms with Gasteiger partial charge in [-0.15, -0.1) is 0 Å². The van der Waals surface area contributed by atoms with Crippen molar-refractivity contribution in [2.24, 2.45) is 5.92 Å². The zero-order chi connectivity index (χ0) is 13.9. The second-order valence-corrected chi connectivity index (χ2v) is 6.23. The largest absolute Gasteiger partial charge is 0.323 e. The van der Waals surface area contributed by atoms with Crippen molar-refractivity contribution in [2.75, 3.05) is 11.6 Å². The highest BCUT2D eigenvalue weighted by atomic mass is 32.2. The number of nitrogens with one attached hydrogen (secondary N) is 1. The van der Waals surface area contributed by atoms with Gasteiger partial charge in [-0.3, -0.25) is 4.79 Å². The predicted octanol–water partition coefficient (Wildman–Crippen LogP) is 2.21. The lowest BCUT2D eigenvalue weighted by Crippen LogP contribution is -2.20. The van der Waals surface area contributed by atoms with Gasteiger partial charge in [0, 0.05) is 12.2 Å². The minimum absolute atomic E-state index is 0.0247. The summed E-state index contributed by atoms with van der Waals surface area (Å²) in [4.78, 5) is 11.6. The van der Waals surface area contributed by atoms with Crippen LogP contribution in [0.4, 0.5) is 10.1 Å². The molecule has 0 fully saturated rings. The maximum Gasteiger partial charge on any atom is 0.227 e. The monoisotopic (exact) mass is 273 g/mol. The van der Waals surface area contributed by atoms with Crippen LogP contribution in [-0.4, -0.2) is 20.6 Å². The molecule has 0 radical (unpaired) electrons. The highest BCUT2D eigenvalue weighted by molar-refractivity contribution is 7.90. The van der Waals surface area contributed by atoms with Crippen LogP contribution in [0, 0.1) is 11.7 Å². The molecule has 1 rings (SSSR count). The highest BCUT2D eigenvalue weighted by Crippen LogP contribution is 2.20. The van der Waals surface area contributed by atoms with Gasteiger partial charge in [0.05, 0.1) is 10.6 Å². The highest BCUT2D eigenvalue weighted by Gasteiger charge is 2.15. The summed E-state index contributed by atoms with van der Waals surface area (Å²) in [6.45, 7) is 3.56. The van der Waals surface area contributed by atoms with E-state index in [1.807, 2.05) is 6.92 Å². The first kappa shape index (κ1) is 14.6. The van der Waals surface area contributed by atoms with E-state index >= 15 is 0 Å². The van der Waals surface area contributed by atoms with Gasteiger partial charge in [-0.1, -0.05) is 13.8 Å². The summed E-state index contributed by atoms with van der Waals surface area (Å²) < 4.78 is 36.2. The SMILES string of the molecule is CCC(C)C(=O)Nc1cc(S(C)(=O)=O)ccc1F. The summed E-state index contributed by atoms with van der Waals surface area (Å²) in [7, 11) is -3.42. The van der Waals surface area contributed by atoms with Crippen molar-refractivity contribution in [3.8, 4) is 0 Å². The van der Waals surface area contributed by atoms with Gasteiger partial charge in [0.25, 0.3) is 0 Å². The zero-order valence-corrected chi connectivity index (χ0v) is 11.3. The summed E-state index contributed by atoms with van der Waals surface area (Å²) >= 11 is 0. The van der Waals surface area contributed by atoms with Crippen LogP contribution in [0.1, 0.15) is 20.3 Å². The molecule has 100 valence electrons. The smallest absolute Gasteiger partial charge is 0.227 e. The standard InChI is InChI=1S/C12H16FNO3S/c1-4-8(2)12(15)14-11-7-9(18(3,16)17)5-6-10(11)13/h5-8H,4H2,1-3H3,(H,14,15). The number of rotatable bonds is 4. The minimum Gasteiger partial charge on any atom is -0.323 e. The second-order valence-electron chi connectivity index (χ2n) is 4.21. The molecule has 0 spiro atoms. The normalized spacial score (nSPS) is 13.1. The van der Waals surface area contributed by atoms with E-state index in [0.717, 1.165) is 18.4 Å². The molecule has 0 bridgehead atoms. The van der Waals surface area contributed by atoms with Crippen molar-refractivity contribution in [1.29, 1.82) is 0 Å². The van der Waals surface area contributed by atoms with E-state index in [1.165, 1.54) is 6.07 Å². The average molecular weight is 273 g/mol. The molecule has 0 aliphatic rings. The Hall–Kier alpha value is -1.43. The first-order valence-electron chi connectivity index (χ1n) is 5.56. The zero-order valence-electron chi connectivity index (χ0n) is 10.5. The van der Waals surface area contributed by atoms with E-state index < -0.39 is 15.7 Å². The lowest BCUT2D eigenvalue weighted by Gasteiger charge is -2.11.